The number of hydrogen-bond donors (Lipinski definition) is 0. The molecule has 0 amide bonds. The maximum absolute atomic E-state index is 12.9. The van der Waals surface area contributed by atoms with E-state index in [2.05, 4.69) is 154 Å². The first kappa shape index (κ1) is 76.5. The van der Waals surface area contributed by atoms with Crippen molar-refractivity contribution in [3.05, 3.63) is 134 Å². The van der Waals surface area contributed by atoms with Gasteiger partial charge in [-0.25, -0.2) is 0 Å². The van der Waals surface area contributed by atoms with Gasteiger partial charge in [0.1, 0.15) is 13.2 Å². The average Bonchev–Trinajstić information content (AvgIpc) is 3.46. The van der Waals surface area contributed by atoms with E-state index in [4.69, 9.17) is 14.2 Å². The smallest absolute Gasteiger partial charge is 0.306 e. The van der Waals surface area contributed by atoms with Gasteiger partial charge in [0.2, 0.25) is 0 Å². The number of carbonyl (C=O) groups is 3. The van der Waals surface area contributed by atoms with Gasteiger partial charge in [-0.2, -0.15) is 0 Å². The lowest BCUT2D eigenvalue weighted by atomic mass is 10.0. The van der Waals surface area contributed by atoms with Crippen molar-refractivity contribution in [2.75, 3.05) is 13.2 Å². The second-order valence-electron chi connectivity index (χ2n) is 22.0. The summed E-state index contributed by atoms with van der Waals surface area (Å²) in [6.07, 6.45) is 96.2. The number of unbranched alkanes of at least 4 members (excludes halogenated alkanes) is 27. The molecular weight excluding hydrogens is 997 g/mol. The highest BCUT2D eigenvalue weighted by Crippen LogP contribution is 2.16. The van der Waals surface area contributed by atoms with E-state index in [1.165, 1.54) is 122 Å². The van der Waals surface area contributed by atoms with Crippen molar-refractivity contribution in [3.63, 3.8) is 0 Å². The molecule has 0 aromatic carbocycles. The summed E-state index contributed by atoms with van der Waals surface area (Å²) in [5, 5.41) is 0. The Morgan fingerprint density at radius 2 is 0.481 bits per heavy atom. The van der Waals surface area contributed by atoms with E-state index in [9.17, 15) is 14.4 Å². The van der Waals surface area contributed by atoms with Gasteiger partial charge in [0.25, 0.3) is 0 Å². The molecular formula is C75H124O6. The van der Waals surface area contributed by atoms with Gasteiger partial charge in [-0.3, -0.25) is 14.4 Å². The zero-order valence-corrected chi connectivity index (χ0v) is 52.8. The van der Waals surface area contributed by atoms with Crippen LogP contribution in [0.25, 0.3) is 0 Å². The first-order valence-electron chi connectivity index (χ1n) is 33.7. The van der Waals surface area contributed by atoms with Crippen molar-refractivity contribution < 1.29 is 28.6 Å². The van der Waals surface area contributed by atoms with Gasteiger partial charge in [0, 0.05) is 19.3 Å². The number of carbonyl (C=O) groups excluding carboxylic acids is 3. The maximum Gasteiger partial charge on any atom is 0.306 e. The molecule has 0 saturated heterocycles. The normalized spacial score (nSPS) is 13.0. The molecule has 0 N–H and O–H groups in total. The van der Waals surface area contributed by atoms with Gasteiger partial charge in [-0.1, -0.05) is 283 Å². The molecule has 0 radical (unpaired) electrons. The predicted octanol–water partition coefficient (Wildman–Crippen LogP) is 23.3. The van der Waals surface area contributed by atoms with Crippen LogP contribution in [0.5, 0.6) is 0 Å². The van der Waals surface area contributed by atoms with Crippen molar-refractivity contribution in [2.24, 2.45) is 0 Å². The fourth-order valence-corrected chi connectivity index (χ4v) is 9.14. The molecule has 0 bridgehead atoms. The fraction of sp³-hybridized carbons (Fsp3) is 0.667. The van der Waals surface area contributed by atoms with E-state index >= 15 is 0 Å². The molecule has 81 heavy (non-hydrogen) atoms. The van der Waals surface area contributed by atoms with Crippen LogP contribution in [-0.2, 0) is 28.6 Å². The van der Waals surface area contributed by atoms with Gasteiger partial charge in [-0.05, 0) is 135 Å². The number of allylic oxidation sites excluding steroid dienone is 22. The van der Waals surface area contributed by atoms with Crippen LogP contribution in [0.1, 0.15) is 303 Å². The van der Waals surface area contributed by atoms with Crippen LogP contribution >= 0.6 is 0 Å². The zero-order chi connectivity index (χ0) is 58.5. The van der Waals surface area contributed by atoms with Crippen molar-refractivity contribution in [1.82, 2.24) is 0 Å². The molecule has 0 aliphatic heterocycles. The predicted molar refractivity (Wildman–Crippen MR) is 353 cm³/mol. The highest BCUT2D eigenvalue weighted by atomic mass is 16.6. The van der Waals surface area contributed by atoms with E-state index in [0.29, 0.717) is 12.8 Å². The molecule has 0 aromatic rings. The van der Waals surface area contributed by atoms with E-state index in [1.807, 2.05) is 0 Å². The minimum Gasteiger partial charge on any atom is -0.462 e. The lowest BCUT2D eigenvalue weighted by molar-refractivity contribution is -0.167. The molecule has 0 aliphatic rings. The molecule has 0 aliphatic carbocycles. The number of esters is 3. The molecule has 0 aromatic heterocycles. The van der Waals surface area contributed by atoms with Gasteiger partial charge in [0.05, 0.1) is 0 Å². The molecule has 0 heterocycles. The fourth-order valence-electron chi connectivity index (χ4n) is 9.14. The highest BCUT2D eigenvalue weighted by Gasteiger charge is 2.19. The molecule has 6 nitrogen and oxygen atoms in total. The van der Waals surface area contributed by atoms with Crippen LogP contribution in [0.3, 0.4) is 0 Å². The summed E-state index contributed by atoms with van der Waals surface area (Å²) in [7, 11) is 0. The second-order valence-corrected chi connectivity index (χ2v) is 22.0. The van der Waals surface area contributed by atoms with Crippen LogP contribution < -0.4 is 0 Å². The molecule has 0 fully saturated rings. The molecule has 1 atom stereocenters. The second kappa shape index (κ2) is 68.1. The van der Waals surface area contributed by atoms with Crippen molar-refractivity contribution in [2.45, 2.75) is 309 Å². The summed E-state index contributed by atoms with van der Waals surface area (Å²) >= 11 is 0. The first-order chi connectivity index (χ1) is 40.0. The number of hydrogen-bond acceptors (Lipinski definition) is 6. The van der Waals surface area contributed by atoms with Crippen LogP contribution in [0.2, 0.25) is 0 Å². The number of ether oxygens (including phenoxy) is 3. The van der Waals surface area contributed by atoms with Crippen molar-refractivity contribution in [1.29, 1.82) is 0 Å². The molecule has 1 unspecified atom stereocenters. The van der Waals surface area contributed by atoms with Gasteiger partial charge in [-0.15, -0.1) is 0 Å². The molecule has 0 rings (SSSR count). The third-order valence-corrected chi connectivity index (χ3v) is 14.1. The van der Waals surface area contributed by atoms with Crippen molar-refractivity contribution >= 4 is 17.9 Å². The van der Waals surface area contributed by atoms with Crippen LogP contribution in [0, 0.1) is 0 Å². The minimum atomic E-state index is -0.810. The summed E-state index contributed by atoms with van der Waals surface area (Å²) in [6, 6.07) is 0. The Morgan fingerprint density at radius 1 is 0.259 bits per heavy atom. The third-order valence-electron chi connectivity index (χ3n) is 14.1. The number of rotatable bonds is 60. The molecule has 0 spiro atoms. The average molecular weight is 1120 g/mol. The van der Waals surface area contributed by atoms with Crippen molar-refractivity contribution in [3.8, 4) is 0 Å². The Balaban J connectivity index is 4.36. The van der Waals surface area contributed by atoms with Crippen LogP contribution in [-0.4, -0.2) is 37.2 Å². The molecule has 6 heteroatoms. The first-order valence-corrected chi connectivity index (χ1v) is 33.7. The molecule has 0 saturated carbocycles. The largest absolute Gasteiger partial charge is 0.462 e. The molecule has 460 valence electrons. The van der Waals surface area contributed by atoms with E-state index in [-0.39, 0.29) is 37.5 Å². The summed E-state index contributed by atoms with van der Waals surface area (Å²) in [4.78, 5) is 38.4. The Kier molecular flexibility index (Phi) is 64.3. The van der Waals surface area contributed by atoms with E-state index in [0.717, 1.165) is 141 Å². The monoisotopic (exact) mass is 1120 g/mol. The SMILES string of the molecule is CC/C=C\C/C=C\C/C=C\C/C=C\C/C=C\C/C=C\CCCCCCC(=O)OC(COC(=O)CCCCC/C=C\C/C=C\C/C=C\CC)COC(=O)CCCCCCCCCCCCCCCCC/C=C\C/C=C\CCCCCCC. The van der Waals surface area contributed by atoms with E-state index in [1.54, 1.807) is 0 Å². The Hall–Kier alpha value is -4.45. The summed E-state index contributed by atoms with van der Waals surface area (Å²) < 4.78 is 16.9. The summed E-state index contributed by atoms with van der Waals surface area (Å²) in [6.45, 7) is 6.37. The quantitative estimate of drug-likeness (QED) is 0.0261. The topological polar surface area (TPSA) is 78.9 Å². The zero-order valence-electron chi connectivity index (χ0n) is 52.8. The van der Waals surface area contributed by atoms with Crippen LogP contribution in [0.4, 0.5) is 0 Å². The Bertz CT molecular complexity index is 1720. The standard InChI is InChI=1S/C75H124O6/c1-4-7-10-13-16-19-22-25-27-29-31-33-35-36-37-38-40-41-43-45-47-50-53-56-59-62-65-68-74(77)80-71-72(70-79-73(76)67-64-61-58-55-52-49-24-21-18-15-12-9-6-3)81-75(78)69-66-63-60-57-54-51-48-46-44-42-39-34-32-30-28-26-23-20-17-14-11-8-5-2/h8-9,11-12,17-18,20-22,25-26,28-29,31-32,34,42,44,48-49,51-52,72H,4-7,10,13-16,19,23-24,27,30,33,35-41,43,45-47,50,53-71H2,1-3H3/b11-8-,12-9-,20-17-,21-18-,25-22-,28-26-,31-29-,34-32-,44-42-,51-48-,52-49-. The summed E-state index contributed by atoms with van der Waals surface area (Å²) in [5.74, 6) is -0.953. The van der Waals surface area contributed by atoms with Gasteiger partial charge < -0.3 is 14.2 Å². The Morgan fingerprint density at radius 3 is 0.765 bits per heavy atom. The third kappa shape index (κ3) is 66.2. The summed E-state index contributed by atoms with van der Waals surface area (Å²) in [5.41, 5.74) is 0. The lowest BCUT2D eigenvalue weighted by Gasteiger charge is -2.18. The minimum absolute atomic E-state index is 0.101. The van der Waals surface area contributed by atoms with Gasteiger partial charge in [0.15, 0.2) is 6.10 Å². The highest BCUT2D eigenvalue weighted by molar-refractivity contribution is 5.71. The van der Waals surface area contributed by atoms with Gasteiger partial charge >= 0.3 is 17.9 Å². The lowest BCUT2D eigenvalue weighted by Crippen LogP contribution is -2.30. The Labute approximate surface area is 500 Å². The van der Waals surface area contributed by atoms with E-state index < -0.39 is 6.10 Å². The maximum atomic E-state index is 12.9. The van der Waals surface area contributed by atoms with Crippen LogP contribution in [0.15, 0.2) is 134 Å².